The molecule has 0 aliphatic rings. The Kier molecular flexibility index (Phi) is 4.47. The molecule has 0 unspecified atom stereocenters. The molecule has 112 valence electrons. The topological polar surface area (TPSA) is 95.7 Å². The summed E-state index contributed by atoms with van der Waals surface area (Å²) in [5.41, 5.74) is 0.0577. The second-order valence-corrected chi connectivity index (χ2v) is 4.22. The largest absolute Gasteiger partial charge is 0.465 e. The molecule has 0 aromatic heterocycles. The summed E-state index contributed by atoms with van der Waals surface area (Å²) in [6.07, 6.45) is 0. The van der Waals surface area contributed by atoms with Gasteiger partial charge in [-0.1, -0.05) is 12.1 Å². The summed E-state index contributed by atoms with van der Waals surface area (Å²) in [6.45, 7) is 0. The summed E-state index contributed by atoms with van der Waals surface area (Å²) < 4.78 is 9.67. The third kappa shape index (κ3) is 3.45. The molecule has 0 aliphatic heterocycles. The number of ether oxygens (including phenoxy) is 2. The SMILES string of the molecule is COC(=O)c1cccc(OC(=O)c2cccc([N+](=O)[O-])c2)c1. The molecule has 0 amide bonds. The van der Waals surface area contributed by atoms with E-state index in [9.17, 15) is 19.7 Å². The van der Waals surface area contributed by atoms with Gasteiger partial charge in [-0.2, -0.15) is 0 Å². The lowest BCUT2D eigenvalue weighted by molar-refractivity contribution is -0.384. The van der Waals surface area contributed by atoms with E-state index in [4.69, 9.17) is 4.74 Å². The number of nitro groups is 1. The van der Waals surface area contributed by atoms with Gasteiger partial charge in [-0.3, -0.25) is 10.1 Å². The predicted octanol–water partition coefficient (Wildman–Crippen LogP) is 2.60. The number of rotatable bonds is 4. The molecule has 2 rings (SSSR count). The number of nitro benzene ring substituents is 1. The zero-order chi connectivity index (χ0) is 16.1. The van der Waals surface area contributed by atoms with Crippen molar-refractivity contribution in [3.63, 3.8) is 0 Å². The van der Waals surface area contributed by atoms with Crippen LogP contribution in [0.1, 0.15) is 20.7 Å². The zero-order valence-electron chi connectivity index (χ0n) is 11.5. The zero-order valence-corrected chi connectivity index (χ0v) is 11.5. The number of carbonyl (C=O) groups excluding carboxylic acids is 2. The summed E-state index contributed by atoms with van der Waals surface area (Å²) in [7, 11) is 1.24. The third-order valence-corrected chi connectivity index (χ3v) is 2.76. The van der Waals surface area contributed by atoms with E-state index >= 15 is 0 Å². The molecule has 2 aromatic rings. The van der Waals surface area contributed by atoms with Crippen LogP contribution in [0.2, 0.25) is 0 Å². The van der Waals surface area contributed by atoms with Crippen LogP contribution in [0.15, 0.2) is 48.5 Å². The van der Waals surface area contributed by atoms with Gasteiger partial charge in [0.05, 0.1) is 23.2 Å². The van der Waals surface area contributed by atoms with Gasteiger partial charge in [-0.25, -0.2) is 9.59 Å². The van der Waals surface area contributed by atoms with Crippen molar-refractivity contribution in [3.05, 3.63) is 69.8 Å². The molecule has 7 heteroatoms. The normalized spacial score (nSPS) is 9.86. The molecule has 0 saturated carbocycles. The summed E-state index contributed by atoms with van der Waals surface area (Å²) in [5, 5.41) is 10.7. The number of benzene rings is 2. The standard InChI is InChI=1S/C15H11NO6/c1-21-14(17)11-5-3-7-13(9-11)22-15(18)10-4-2-6-12(8-10)16(19)20/h2-9H,1H3. The maximum atomic E-state index is 12.0. The van der Waals surface area contributed by atoms with Crippen LogP contribution >= 0.6 is 0 Å². The minimum atomic E-state index is -0.759. The monoisotopic (exact) mass is 301 g/mol. The molecular weight excluding hydrogens is 290 g/mol. The van der Waals surface area contributed by atoms with E-state index in [2.05, 4.69) is 4.74 Å². The van der Waals surface area contributed by atoms with Gasteiger partial charge in [0, 0.05) is 12.1 Å². The van der Waals surface area contributed by atoms with Crippen molar-refractivity contribution in [1.82, 2.24) is 0 Å². The van der Waals surface area contributed by atoms with Gasteiger partial charge in [0.15, 0.2) is 0 Å². The first-order valence-corrected chi connectivity index (χ1v) is 6.16. The first kappa shape index (κ1) is 15.2. The van der Waals surface area contributed by atoms with E-state index in [1.807, 2.05) is 0 Å². The van der Waals surface area contributed by atoms with Crippen LogP contribution in [-0.4, -0.2) is 24.0 Å². The number of non-ortho nitro benzene ring substituents is 1. The fourth-order valence-electron chi connectivity index (χ4n) is 1.72. The molecule has 7 nitrogen and oxygen atoms in total. The minimum Gasteiger partial charge on any atom is -0.465 e. The van der Waals surface area contributed by atoms with Crippen molar-refractivity contribution >= 4 is 17.6 Å². The predicted molar refractivity (Wildman–Crippen MR) is 75.8 cm³/mol. The van der Waals surface area contributed by atoms with Gasteiger partial charge in [0.25, 0.3) is 5.69 Å². The van der Waals surface area contributed by atoms with Gasteiger partial charge in [0.1, 0.15) is 5.75 Å². The Morgan fingerprint density at radius 1 is 1.00 bits per heavy atom. The smallest absolute Gasteiger partial charge is 0.343 e. The Hall–Kier alpha value is -3.22. The molecule has 0 aliphatic carbocycles. The highest BCUT2D eigenvalue weighted by molar-refractivity contribution is 5.93. The summed E-state index contributed by atoms with van der Waals surface area (Å²) >= 11 is 0. The Labute approximate surface area is 125 Å². The second kappa shape index (κ2) is 6.49. The molecule has 0 spiro atoms. The molecule has 0 radical (unpaired) electrons. The number of nitrogens with zero attached hydrogens (tertiary/aromatic N) is 1. The number of esters is 2. The first-order valence-electron chi connectivity index (χ1n) is 6.16. The van der Waals surface area contributed by atoms with Crippen LogP contribution in [0.3, 0.4) is 0 Å². The van der Waals surface area contributed by atoms with E-state index in [0.29, 0.717) is 0 Å². The molecule has 2 aromatic carbocycles. The number of methoxy groups -OCH3 is 1. The van der Waals surface area contributed by atoms with Crippen molar-refractivity contribution in [2.45, 2.75) is 0 Å². The van der Waals surface area contributed by atoms with Crippen LogP contribution < -0.4 is 4.74 Å². The van der Waals surface area contributed by atoms with Crippen LogP contribution in [0.4, 0.5) is 5.69 Å². The van der Waals surface area contributed by atoms with Gasteiger partial charge in [-0.05, 0) is 24.3 Å². The summed E-state index contributed by atoms with van der Waals surface area (Å²) in [4.78, 5) is 33.5. The van der Waals surface area contributed by atoms with Crippen LogP contribution in [0.25, 0.3) is 0 Å². The fraction of sp³-hybridized carbons (Fsp3) is 0.0667. The van der Waals surface area contributed by atoms with Crippen LogP contribution in [0, 0.1) is 10.1 Å². The molecule has 0 atom stereocenters. The highest BCUT2D eigenvalue weighted by Gasteiger charge is 2.14. The van der Waals surface area contributed by atoms with Crippen molar-refractivity contribution in [2.24, 2.45) is 0 Å². The Bertz CT molecular complexity index is 740. The lowest BCUT2D eigenvalue weighted by Crippen LogP contribution is -2.09. The van der Waals surface area contributed by atoms with Gasteiger partial charge < -0.3 is 9.47 Å². The summed E-state index contributed by atoms with van der Waals surface area (Å²) in [6, 6.07) is 11.1. The van der Waals surface area contributed by atoms with E-state index in [1.54, 1.807) is 0 Å². The maximum absolute atomic E-state index is 12.0. The number of hydrogen-bond donors (Lipinski definition) is 0. The quantitative estimate of drug-likeness (QED) is 0.373. The third-order valence-electron chi connectivity index (χ3n) is 2.76. The van der Waals surface area contributed by atoms with Crippen LogP contribution in [0.5, 0.6) is 5.75 Å². The van der Waals surface area contributed by atoms with Gasteiger partial charge in [0.2, 0.25) is 0 Å². The van der Waals surface area contributed by atoms with E-state index in [-0.39, 0.29) is 22.6 Å². The highest BCUT2D eigenvalue weighted by atomic mass is 16.6. The molecule has 0 N–H and O–H groups in total. The van der Waals surface area contributed by atoms with Gasteiger partial charge >= 0.3 is 11.9 Å². The highest BCUT2D eigenvalue weighted by Crippen LogP contribution is 2.18. The Morgan fingerprint density at radius 2 is 1.64 bits per heavy atom. The minimum absolute atomic E-state index is 0.0395. The van der Waals surface area contributed by atoms with Gasteiger partial charge in [-0.15, -0.1) is 0 Å². The molecule has 0 fully saturated rings. The molecule has 0 saturated heterocycles. The lowest BCUT2D eigenvalue weighted by atomic mass is 10.2. The van der Waals surface area contributed by atoms with Crippen molar-refractivity contribution < 1.29 is 24.0 Å². The number of carbonyl (C=O) groups is 2. The molecule has 0 heterocycles. The van der Waals surface area contributed by atoms with Crippen molar-refractivity contribution in [3.8, 4) is 5.75 Å². The van der Waals surface area contributed by atoms with Crippen LogP contribution in [-0.2, 0) is 4.74 Å². The van der Waals surface area contributed by atoms with Crippen molar-refractivity contribution in [1.29, 1.82) is 0 Å². The van der Waals surface area contributed by atoms with E-state index in [1.165, 1.54) is 49.6 Å². The van der Waals surface area contributed by atoms with E-state index < -0.39 is 16.9 Å². The van der Waals surface area contributed by atoms with Crippen molar-refractivity contribution in [2.75, 3.05) is 7.11 Å². The average Bonchev–Trinajstić information content (AvgIpc) is 2.54. The Morgan fingerprint density at radius 3 is 2.27 bits per heavy atom. The Balaban J connectivity index is 2.20. The molecular formula is C15H11NO6. The average molecular weight is 301 g/mol. The first-order chi connectivity index (χ1) is 10.5. The molecule has 0 bridgehead atoms. The second-order valence-electron chi connectivity index (χ2n) is 4.22. The van der Waals surface area contributed by atoms with E-state index in [0.717, 1.165) is 6.07 Å². The number of hydrogen-bond acceptors (Lipinski definition) is 6. The molecule has 22 heavy (non-hydrogen) atoms. The lowest BCUT2D eigenvalue weighted by Gasteiger charge is -2.06. The summed E-state index contributed by atoms with van der Waals surface area (Å²) in [5.74, 6) is -1.18. The fourth-order valence-corrected chi connectivity index (χ4v) is 1.72. The maximum Gasteiger partial charge on any atom is 0.343 e.